The molecule has 6 heteroatoms. The van der Waals surface area contributed by atoms with Crippen LogP contribution in [-0.4, -0.2) is 10.8 Å². The third-order valence-corrected chi connectivity index (χ3v) is 3.55. The molecule has 0 aliphatic heterocycles. The number of halogens is 1. The number of nitro groups is 1. The number of aryl methyl sites for hydroxylation is 1. The minimum absolute atomic E-state index is 0.0134. The van der Waals surface area contributed by atoms with E-state index in [0.29, 0.717) is 17.7 Å². The smallest absolute Gasteiger partial charge is 0.272 e. The normalized spacial score (nSPS) is 10.2. The molecule has 0 radical (unpaired) electrons. The molecule has 0 atom stereocenters. The van der Waals surface area contributed by atoms with Crippen LogP contribution in [0.15, 0.2) is 46.9 Å². The number of amides is 1. The number of nitrogens with one attached hydrogen (secondary N) is 1. The van der Waals surface area contributed by atoms with E-state index in [-0.39, 0.29) is 11.6 Å². The predicted octanol–water partition coefficient (Wildman–Crippen LogP) is 3.60. The Morgan fingerprint density at radius 3 is 2.48 bits per heavy atom. The molecule has 2 rings (SSSR count). The van der Waals surface area contributed by atoms with Crippen molar-refractivity contribution in [3.8, 4) is 0 Å². The molecule has 0 heterocycles. The third kappa shape index (κ3) is 3.88. The first-order chi connectivity index (χ1) is 9.97. The predicted molar refractivity (Wildman–Crippen MR) is 83.1 cm³/mol. The van der Waals surface area contributed by atoms with Gasteiger partial charge in [0, 0.05) is 28.2 Å². The van der Waals surface area contributed by atoms with E-state index in [2.05, 4.69) is 21.2 Å². The fourth-order valence-corrected chi connectivity index (χ4v) is 2.15. The highest BCUT2D eigenvalue weighted by Crippen LogP contribution is 2.18. The van der Waals surface area contributed by atoms with Crippen LogP contribution < -0.4 is 5.32 Å². The van der Waals surface area contributed by atoms with Crippen LogP contribution in [0.3, 0.4) is 0 Å². The van der Waals surface area contributed by atoms with Crippen molar-refractivity contribution in [2.45, 2.75) is 13.5 Å². The van der Waals surface area contributed by atoms with Crippen molar-refractivity contribution in [1.29, 1.82) is 0 Å². The van der Waals surface area contributed by atoms with Crippen molar-refractivity contribution in [3.05, 3.63) is 73.7 Å². The minimum Gasteiger partial charge on any atom is -0.348 e. The van der Waals surface area contributed by atoms with Gasteiger partial charge < -0.3 is 5.32 Å². The summed E-state index contributed by atoms with van der Waals surface area (Å²) < 4.78 is 0.976. The number of carbonyl (C=O) groups is 1. The Hall–Kier alpha value is -2.21. The van der Waals surface area contributed by atoms with Crippen LogP contribution in [0.25, 0.3) is 0 Å². The van der Waals surface area contributed by atoms with Crippen LogP contribution in [-0.2, 0) is 6.54 Å². The topological polar surface area (TPSA) is 72.2 Å². The average Bonchev–Trinajstić information content (AvgIpc) is 2.45. The summed E-state index contributed by atoms with van der Waals surface area (Å²) in [6.45, 7) is 2.02. The summed E-state index contributed by atoms with van der Waals surface area (Å²) in [6, 6.07) is 12.0. The molecule has 2 aromatic carbocycles. The standard InChI is InChI=1S/C15H13BrN2O3/c1-10-8-12(4-7-14(10)18(20)21)15(19)17-9-11-2-5-13(16)6-3-11/h2-8H,9H2,1H3,(H,17,19). The van der Waals surface area contributed by atoms with Crippen molar-refractivity contribution in [1.82, 2.24) is 5.32 Å². The Morgan fingerprint density at radius 2 is 1.90 bits per heavy atom. The maximum Gasteiger partial charge on any atom is 0.272 e. The fourth-order valence-electron chi connectivity index (χ4n) is 1.89. The molecular weight excluding hydrogens is 336 g/mol. The largest absolute Gasteiger partial charge is 0.348 e. The first-order valence-electron chi connectivity index (χ1n) is 6.25. The highest BCUT2D eigenvalue weighted by molar-refractivity contribution is 9.10. The molecule has 1 amide bonds. The van der Waals surface area contributed by atoms with Crippen LogP contribution in [0.5, 0.6) is 0 Å². The van der Waals surface area contributed by atoms with E-state index in [1.54, 1.807) is 6.92 Å². The highest BCUT2D eigenvalue weighted by Gasteiger charge is 2.13. The summed E-state index contributed by atoms with van der Waals surface area (Å²) in [4.78, 5) is 22.3. The number of rotatable bonds is 4. The van der Waals surface area contributed by atoms with Gasteiger partial charge in [-0.3, -0.25) is 14.9 Å². The van der Waals surface area contributed by atoms with Gasteiger partial charge in [0.1, 0.15) is 0 Å². The third-order valence-electron chi connectivity index (χ3n) is 3.02. The molecule has 1 N–H and O–H groups in total. The first kappa shape index (κ1) is 15.2. The van der Waals surface area contributed by atoms with Gasteiger partial charge in [-0.25, -0.2) is 0 Å². The molecule has 2 aromatic rings. The van der Waals surface area contributed by atoms with Gasteiger partial charge in [-0.05, 0) is 36.8 Å². The summed E-state index contributed by atoms with van der Waals surface area (Å²) in [5, 5.41) is 13.5. The number of nitrogens with zero attached hydrogens (tertiary/aromatic N) is 1. The quantitative estimate of drug-likeness (QED) is 0.677. The average molecular weight is 349 g/mol. The highest BCUT2D eigenvalue weighted by atomic mass is 79.9. The van der Waals surface area contributed by atoms with E-state index in [4.69, 9.17) is 0 Å². The van der Waals surface area contributed by atoms with Gasteiger partial charge in [-0.15, -0.1) is 0 Å². The zero-order valence-corrected chi connectivity index (χ0v) is 12.9. The van der Waals surface area contributed by atoms with Crippen molar-refractivity contribution < 1.29 is 9.72 Å². The van der Waals surface area contributed by atoms with Gasteiger partial charge >= 0.3 is 0 Å². The molecule has 0 aromatic heterocycles. The molecule has 0 saturated heterocycles. The Bertz CT molecular complexity index is 684. The lowest BCUT2D eigenvalue weighted by atomic mass is 10.1. The van der Waals surface area contributed by atoms with Crippen LogP contribution in [0, 0.1) is 17.0 Å². The number of benzene rings is 2. The van der Waals surface area contributed by atoms with E-state index in [9.17, 15) is 14.9 Å². The van der Waals surface area contributed by atoms with Crippen molar-refractivity contribution >= 4 is 27.5 Å². The second-order valence-corrected chi connectivity index (χ2v) is 5.48. The molecule has 0 fully saturated rings. The van der Waals surface area contributed by atoms with Gasteiger partial charge in [0.2, 0.25) is 0 Å². The van der Waals surface area contributed by atoms with Gasteiger partial charge in [0.05, 0.1) is 4.92 Å². The van der Waals surface area contributed by atoms with Crippen molar-refractivity contribution in [2.24, 2.45) is 0 Å². The van der Waals surface area contributed by atoms with E-state index < -0.39 is 4.92 Å². The molecular formula is C15H13BrN2O3. The Morgan fingerprint density at radius 1 is 1.24 bits per heavy atom. The summed E-state index contributed by atoms with van der Waals surface area (Å²) in [6.07, 6.45) is 0. The van der Waals surface area contributed by atoms with E-state index in [1.165, 1.54) is 18.2 Å². The van der Waals surface area contributed by atoms with E-state index in [1.807, 2.05) is 24.3 Å². The van der Waals surface area contributed by atoms with Crippen LogP contribution in [0.2, 0.25) is 0 Å². The second-order valence-electron chi connectivity index (χ2n) is 4.57. The molecule has 0 spiro atoms. The Kier molecular flexibility index (Phi) is 4.70. The second kappa shape index (κ2) is 6.49. The monoisotopic (exact) mass is 348 g/mol. The maximum absolute atomic E-state index is 12.0. The van der Waals surface area contributed by atoms with Crippen LogP contribution >= 0.6 is 15.9 Å². The summed E-state index contributed by atoms with van der Waals surface area (Å²) >= 11 is 3.35. The summed E-state index contributed by atoms with van der Waals surface area (Å²) in [5.74, 6) is -0.254. The molecule has 0 bridgehead atoms. The minimum atomic E-state index is -0.459. The summed E-state index contributed by atoms with van der Waals surface area (Å²) in [5.41, 5.74) is 1.87. The van der Waals surface area contributed by atoms with Gasteiger partial charge in [0.25, 0.3) is 11.6 Å². The number of hydrogen-bond donors (Lipinski definition) is 1. The van der Waals surface area contributed by atoms with Gasteiger partial charge in [-0.1, -0.05) is 28.1 Å². The molecule has 21 heavy (non-hydrogen) atoms. The zero-order valence-electron chi connectivity index (χ0n) is 11.3. The summed E-state index contributed by atoms with van der Waals surface area (Å²) in [7, 11) is 0. The Labute approximate surface area is 130 Å². The number of carbonyl (C=O) groups excluding carboxylic acids is 1. The fraction of sp³-hybridized carbons (Fsp3) is 0.133. The molecule has 0 unspecified atom stereocenters. The molecule has 0 aliphatic carbocycles. The van der Waals surface area contributed by atoms with E-state index in [0.717, 1.165) is 10.0 Å². The molecule has 108 valence electrons. The zero-order chi connectivity index (χ0) is 15.4. The van der Waals surface area contributed by atoms with Crippen molar-refractivity contribution in [2.75, 3.05) is 0 Å². The lowest BCUT2D eigenvalue weighted by Gasteiger charge is -2.06. The molecule has 5 nitrogen and oxygen atoms in total. The van der Waals surface area contributed by atoms with Gasteiger partial charge in [0.15, 0.2) is 0 Å². The number of hydrogen-bond acceptors (Lipinski definition) is 3. The Balaban J connectivity index is 2.05. The SMILES string of the molecule is Cc1cc(C(=O)NCc2ccc(Br)cc2)ccc1[N+](=O)[O-]. The lowest BCUT2D eigenvalue weighted by Crippen LogP contribution is -2.22. The van der Waals surface area contributed by atoms with Gasteiger partial charge in [-0.2, -0.15) is 0 Å². The lowest BCUT2D eigenvalue weighted by molar-refractivity contribution is -0.385. The van der Waals surface area contributed by atoms with Crippen molar-refractivity contribution in [3.63, 3.8) is 0 Å². The molecule has 0 aliphatic rings. The van der Waals surface area contributed by atoms with Crippen LogP contribution in [0.1, 0.15) is 21.5 Å². The maximum atomic E-state index is 12.0. The van der Waals surface area contributed by atoms with Crippen LogP contribution in [0.4, 0.5) is 5.69 Å². The van der Waals surface area contributed by atoms with E-state index >= 15 is 0 Å². The first-order valence-corrected chi connectivity index (χ1v) is 7.04. The number of nitro benzene ring substituents is 1. The molecule has 0 saturated carbocycles.